The number of hydrogen-bond donors (Lipinski definition) is 2. The minimum absolute atomic E-state index is 0.0480. The zero-order valence-corrected chi connectivity index (χ0v) is 11.9. The summed E-state index contributed by atoms with van der Waals surface area (Å²) in [5.41, 5.74) is 7.21. The molecule has 0 fully saturated rings. The van der Waals surface area contributed by atoms with E-state index in [0.717, 1.165) is 15.4 Å². The molecule has 3 rings (SSSR count). The van der Waals surface area contributed by atoms with Crippen LogP contribution in [0, 0.1) is 0 Å². The SMILES string of the molecule is NC(=O)[C@@H]1Cc2ccccc2CN1S(=O)(=O)c1ccn[nH]1. The van der Waals surface area contributed by atoms with Gasteiger partial charge >= 0.3 is 0 Å². The number of benzene rings is 1. The van der Waals surface area contributed by atoms with Gasteiger partial charge < -0.3 is 5.73 Å². The lowest BCUT2D eigenvalue weighted by atomic mass is 9.96. The summed E-state index contributed by atoms with van der Waals surface area (Å²) >= 11 is 0. The second kappa shape index (κ2) is 4.97. The third kappa shape index (κ3) is 2.32. The average molecular weight is 306 g/mol. The normalized spacial score (nSPS) is 19.1. The molecule has 2 heterocycles. The third-order valence-corrected chi connectivity index (χ3v) is 5.38. The summed E-state index contributed by atoms with van der Waals surface area (Å²) in [5.74, 6) is -0.660. The zero-order valence-electron chi connectivity index (χ0n) is 11.1. The summed E-state index contributed by atoms with van der Waals surface area (Å²) in [4.78, 5) is 11.7. The van der Waals surface area contributed by atoms with Gasteiger partial charge in [0.05, 0.1) is 6.20 Å². The van der Waals surface area contributed by atoms with Gasteiger partial charge in [-0.15, -0.1) is 0 Å². The number of carbonyl (C=O) groups is 1. The molecule has 8 heteroatoms. The molecule has 21 heavy (non-hydrogen) atoms. The number of rotatable bonds is 3. The van der Waals surface area contributed by atoms with Gasteiger partial charge in [-0.05, 0) is 23.6 Å². The van der Waals surface area contributed by atoms with Gasteiger partial charge in [-0.25, -0.2) is 8.42 Å². The number of sulfonamides is 1. The molecular weight excluding hydrogens is 292 g/mol. The molecule has 1 aromatic heterocycles. The lowest BCUT2D eigenvalue weighted by Crippen LogP contribution is -2.51. The van der Waals surface area contributed by atoms with Crippen LogP contribution in [-0.2, 0) is 27.8 Å². The highest BCUT2D eigenvalue weighted by molar-refractivity contribution is 7.89. The monoisotopic (exact) mass is 306 g/mol. The number of nitrogens with two attached hydrogens (primary N) is 1. The van der Waals surface area contributed by atoms with Gasteiger partial charge in [0.1, 0.15) is 6.04 Å². The van der Waals surface area contributed by atoms with Crippen LogP contribution in [0.3, 0.4) is 0 Å². The largest absolute Gasteiger partial charge is 0.368 e. The number of aromatic amines is 1. The predicted molar refractivity (Wildman–Crippen MR) is 74.4 cm³/mol. The van der Waals surface area contributed by atoms with Crippen molar-refractivity contribution in [2.75, 3.05) is 0 Å². The second-order valence-electron chi connectivity index (χ2n) is 4.86. The molecule has 1 aliphatic rings. The van der Waals surface area contributed by atoms with Crippen molar-refractivity contribution in [3.63, 3.8) is 0 Å². The quantitative estimate of drug-likeness (QED) is 0.832. The van der Waals surface area contributed by atoms with Gasteiger partial charge in [0.25, 0.3) is 10.0 Å². The first-order valence-electron chi connectivity index (χ1n) is 6.37. The van der Waals surface area contributed by atoms with Crippen LogP contribution in [-0.4, -0.2) is 34.9 Å². The predicted octanol–water partition coefficient (Wildman–Crippen LogP) is 0.0106. The Bertz CT molecular complexity index is 770. The maximum absolute atomic E-state index is 12.6. The first-order chi connectivity index (χ1) is 10.00. The van der Waals surface area contributed by atoms with E-state index in [4.69, 9.17) is 5.73 Å². The Balaban J connectivity index is 2.06. The van der Waals surface area contributed by atoms with Crippen molar-refractivity contribution in [1.82, 2.24) is 14.5 Å². The van der Waals surface area contributed by atoms with Crippen molar-refractivity contribution in [1.29, 1.82) is 0 Å². The highest BCUT2D eigenvalue weighted by Gasteiger charge is 2.39. The highest BCUT2D eigenvalue weighted by atomic mass is 32.2. The number of aromatic nitrogens is 2. The molecular formula is C13H14N4O3S. The van der Waals surface area contributed by atoms with Crippen LogP contribution in [0.1, 0.15) is 11.1 Å². The van der Waals surface area contributed by atoms with E-state index in [9.17, 15) is 13.2 Å². The van der Waals surface area contributed by atoms with Gasteiger partial charge in [0.2, 0.25) is 5.91 Å². The van der Waals surface area contributed by atoms with Crippen molar-refractivity contribution in [2.24, 2.45) is 5.73 Å². The molecule has 1 amide bonds. The van der Waals surface area contributed by atoms with Gasteiger partial charge in [-0.3, -0.25) is 9.89 Å². The molecule has 1 aromatic carbocycles. The van der Waals surface area contributed by atoms with E-state index in [1.54, 1.807) is 0 Å². The molecule has 7 nitrogen and oxygen atoms in total. The fourth-order valence-electron chi connectivity index (χ4n) is 2.51. The van der Waals surface area contributed by atoms with Crippen molar-refractivity contribution in [2.45, 2.75) is 24.0 Å². The number of H-pyrrole nitrogens is 1. The number of hydrogen-bond acceptors (Lipinski definition) is 4. The Morgan fingerprint density at radius 3 is 2.62 bits per heavy atom. The Morgan fingerprint density at radius 1 is 1.29 bits per heavy atom. The maximum atomic E-state index is 12.6. The van der Waals surface area contributed by atoms with E-state index in [2.05, 4.69) is 10.2 Å². The van der Waals surface area contributed by atoms with Crippen LogP contribution in [0.5, 0.6) is 0 Å². The average Bonchev–Trinajstić information content (AvgIpc) is 3.00. The smallest absolute Gasteiger partial charge is 0.261 e. The molecule has 2 aromatic rings. The van der Waals surface area contributed by atoms with Crippen LogP contribution in [0.15, 0.2) is 41.6 Å². The zero-order chi connectivity index (χ0) is 15.0. The van der Waals surface area contributed by atoms with Crippen LogP contribution in [0.4, 0.5) is 0 Å². The minimum atomic E-state index is -3.84. The third-order valence-electron chi connectivity index (χ3n) is 3.60. The topological polar surface area (TPSA) is 109 Å². The molecule has 0 saturated heterocycles. The molecule has 0 spiro atoms. The van der Waals surface area contributed by atoms with Crippen LogP contribution in [0.2, 0.25) is 0 Å². The van der Waals surface area contributed by atoms with Crippen molar-refractivity contribution < 1.29 is 13.2 Å². The lowest BCUT2D eigenvalue weighted by molar-refractivity contribution is -0.122. The van der Waals surface area contributed by atoms with Gasteiger partial charge in [-0.2, -0.15) is 9.40 Å². The van der Waals surface area contributed by atoms with Gasteiger partial charge in [-0.1, -0.05) is 24.3 Å². The lowest BCUT2D eigenvalue weighted by Gasteiger charge is -2.33. The van der Waals surface area contributed by atoms with E-state index in [0.29, 0.717) is 0 Å². The molecule has 0 bridgehead atoms. The molecule has 1 aliphatic heterocycles. The number of carbonyl (C=O) groups excluding carboxylic acids is 1. The molecule has 0 saturated carbocycles. The number of fused-ring (bicyclic) bond motifs is 1. The van der Waals surface area contributed by atoms with Crippen molar-refractivity contribution >= 4 is 15.9 Å². The summed E-state index contributed by atoms with van der Waals surface area (Å²) in [5, 5.41) is 6.03. The Kier molecular flexibility index (Phi) is 3.26. The van der Waals surface area contributed by atoms with E-state index < -0.39 is 22.0 Å². The Labute approximate surface area is 121 Å². The van der Waals surface area contributed by atoms with E-state index in [-0.39, 0.29) is 18.0 Å². The van der Waals surface area contributed by atoms with Crippen LogP contribution >= 0.6 is 0 Å². The Morgan fingerprint density at radius 2 is 2.00 bits per heavy atom. The molecule has 0 unspecified atom stereocenters. The number of nitrogens with one attached hydrogen (secondary N) is 1. The van der Waals surface area contributed by atoms with Crippen molar-refractivity contribution in [3.8, 4) is 0 Å². The number of nitrogens with zero attached hydrogens (tertiary/aromatic N) is 2. The summed E-state index contributed by atoms with van der Waals surface area (Å²) in [7, 11) is -3.84. The fraction of sp³-hybridized carbons (Fsp3) is 0.231. The van der Waals surface area contributed by atoms with Crippen LogP contribution < -0.4 is 5.73 Å². The number of primary amides is 1. The molecule has 0 radical (unpaired) electrons. The minimum Gasteiger partial charge on any atom is -0.368 e. The standard InChI is InChI=1S/C13H14N4O3S/c14-13(18)11-7-9-3-1-2-4-10(9)8-17(11)21(19,20)12-5-6-15-16-12/h1-6,11H,7-8H2,(H2,14,18)(H,15,16)/t11-/m0/s1. The summed E-state index contributed by atoms with van der Waals surface area (Å²) in [6.45, 7) is 0.116. The van der Waals surface area contributed by atoms with E-state index >= 15 is 0 Å². The molecule has 110 valence electrons. The van der Waals surface area contributed by atoms with E-state index in [1.807, 2.05) is 24.3 Å². The molecule has 3 N–H and O–H groups in total. The summed E-state index contributed by atoms with van der Waals surface area (Å²) < 4.78 is 26.4. The second-order valence-corrected chi connectivity index (χ2v) is 6.72. The van der Waals surface area contributed by atoms with Crippen molar-refractivity contribution in [3.05, 3.63) is 47.7 Å². The maximum Gasteiger partial charge on any atom is 0.261 e. The first-order valence-corrected chi connectivity index (χ1v) is 7.81. The Hall–Kier alpha value is -2.19. The molecule has 0 aliphatic carbocycles. The highest BCUT2D eigenvalue weighted by Crippen LogP contribution is 2.28. The van der Waals surface area contributed by atoms with Gasteiger partial charge in [0, 0.05) is 6.54 Å². The summed E-state index contributed by atoms with van der Waals surface area (Å²) in [6.07, 6.45) is 1.63. The first kappa shape index (κ1) is 13.8. The van der Waals surface area contributed by atoms with E-state index in [1.165, 1.54) is 12.3 Å². The van der Waals surface area contributed by atoms with Crippen LogP contribution in [0.25, 0.3) is 0 Å². The fourth-order valence-corrected chi connectivity index (χ4v) is 3.98. The number of amides is 1. The van der Waals surface area contributed by atoms with Gasteiger partial charge in [0.15, 0.2) is 5.03 Å². The summed E-state index contributed by atoms with van der Waals surface area (Å²) in [6, 6.07) is 7.88. The molecule has 1 atom stereocenters.